The molecule has 2 saturated heterocycles. The van der Waals surface area contributed by atoms with Crippen LogP contribution in [0.5, 0.6) is 0 Å². The Labute approximate surface area is 165 Å². The summed E-state index contributed by atoms with van der Waals surface area (Å²) < 4.78 is 9.93. The standard InChI is InChI=1S/C19H19N3O7/c1-2-21-16(25)12-5-3-4-6-13(12)22-14(23)7-8-19(21,22)17(26)29-11-15(24)20-9-10-28-18(20)27/h3-6H,2,7-11H2,1H3/t19-/m0/s1. The zero-order chi connectivity index (χ0) is 20.8. The largest absolute Gasteiger partial charge is 0.452 e. The van der Waals surface area contributed by atoms with Gasteiger partial charge in [-0.2, -0.15) is 0 Å². The van der Waals surface area contributed by atoms with Crippen LogP contribution in [0.2, 0.25) is 0 Å². The summed E-state index contributed by atoms with van der Waals surface area (Å²) in [6.45, 7) is 1.34. The van der Waals surface area contributed by atoms with Crippen LogP contribution in [-0.4, -0.2) is 71.6 Å². The van der Waals surface area contributed by atoms with Gasteiger partial charge in [0.25, 0.3) is 11.8 Å². The number of amides is 4. The second kappa shape index (κ2) is 6.87. The van der Waals surface area contributed by atoms with Crippen molar-refractivity contribution in [2.75, 3.05) is 31.2 Å². The molecule has 2 fully saturated rings. The van der Waals surface area contributed by atoms with Gasteiger partial charge in [0.1, 0.15) is 6.61 Å². The SMILES string of the molecule is CCN1C(=O)c2ccccc2N2C(=O)CC[C@]12C(=O)OCC(=O)N1CCOC1=O. The normalized spacial score (nSPS) is 23.1. The summed E-state index contributed by atoms with van der Waals surface area (Å²) in [6, 6.07) is 6.57. The van der Waals surface area contributed by atoms with E-state index in [-0.39, 0.29) is 44.4 Å². The summed E-state index contributed by atoms with van der Waals surface area (Å²) in [7, 11) is 0. The van der Waals surface area contributed by atoms with Crippen molar-refractivity contribution in [3.63, 3.8) is 0 Å². The van der Waals surface area contributed by atoms with Crippen molar-refractivity contribution in [2.24, 2.45) is 0 Å². The van der Waals surface area contributed by atoms with Gasteiger partial charge in [0, 0.05) is 19.4 Å². The van der Waals surface area contributed by atoms with E-state index in [4.69, 9.17) is 9.47 Å². The van der Waals surface area contributed by atoms with E-state index in [2.05, 4.69) is 0 Å². The molecule has 0 aromatic heterocycles. The van der Waals surface area contributed by atoms with Crippen LogP contribution in [0, 0.1) is 0 Å². The number of fused-ring (bicyclic) bond motifs is 3. The van der Waals surface area contributed by atoms with E-state index < -0.39 is 30.2 Å². The highest BCUT2D eigenvalue weighted by Crippen LogP contribution is 2.44. The number of para-hydroxylation sites is 1. The zero-order valence-corrected chi connectivity index (χ0v) is 15.8. The van der Waals surface area contributed by atoms with Gasteiger partial charge in [-0.05, 0) is 19.1 Å². The Hall–Kier alpha value is -3.43. The molecule has 3 aliphatic heterocycles. The molecule has 4 amide bonds. The van der Waals surface area contributed by atoms with E-state index in [9.17, 15) is 24.0 Å². The number of carbonyl (C=O) groups is 5. The van der Waals surface area contributed by atoms with Crippen molar-refractivity contribution in [3.8, 4) is 0 Å². The van der Waals surface area contributed by atoms with Crippen molar-refractivity contribution >= 4 is 35.5 Å². The van der Waals surface area contributed by atoms with Crippen LogP contribution in [0.1, 0.15) is 30.1 Å². The maximum Gasteiger partial charge on any atom is 0.416 e. The third-order valence-electron chi connectivity index (χ3n) is 5.41. The molecule has 10 heteroatoms. The third-order valence-corrected chi connectivity index (χ3v) is 5.41. The molecule has 29 heavy (non-hydrogen) atoms. The van der Waals surface area contributed by atoms with Gasteiger partial charge in [-0.15, -0.1) is 0 Å². The predicted octanol–water partition coefficient (Wildman–Crippen LogP) is 0.507. The number of ether oxygens (including phenoxy) is 2. The van der Waals surface area contributed by atoms with Crippen LogP contribution in [0.3, 0.4) is 0 Å². The molecule has 1 aromatic carbocycles. The quantitative estimate of drug-likeness (QED) is 0.675. The molecule has 3 heterocycles. The minimum atomic E-state index is -1.65. The molecule has 10 nitrogen and oxygen atoms in total. The number of cyclic esters (lactones) is 1. The average molecular weight is 401 g/mol. The fourth-order valence-electron chi connectivity index (χ4n) is 4.11. The first-order chi connectivity index (χ1) is 13.9. The highest BCUT2D eigenvalue weighted by molar-refractivity contribution is 6.15. The van der Waals surface area contributed by atoms with Crippen LogP contribution < -0.4 is 4.90 Å². The first kappa shape index (κ1) is 18.9. The van der Waals surface area contributed by atoms with Crippen LogP contribution in [0.15, 0.2) is 24.3 Å². The molecule has 1 aromatic rings. The number of benzene rings is 1. The van der Waals surface area contributed by atoms with Gasteiger partial charge in [-0.3, -0.25) is 19.3 Å². The lowest BCUT2D eigenvalue weighted by molar-refractivity contribution is -0.161. The molecule has 0 bridgehead atoms. The van der Waals surface area contributed by atoms with E-state index in [1.807, 2.05) is 0 Å². The fraction of sp³-hybridized carbons (Fsp3) is 0.421. The lowest BCUT2D eigenvalue weighted by Gasteiger charge is -2.47. The minimum Gasteiger partial charge on any atom is -0.452 e. The highest BCUT2D eigenvalue weighted by atomic mass is 16.6. The van der Waals surface area contributed by atoms with Gasteiger partial charge < -0.3 is 14.4 Å². The van der Waals surface area contributed by atoms with Gasteiger partial charge in [0.2, 0.25) is 11.6 Å². The molecule has 1 atom stereocenters. The van der Waals surface area contributed by atoms with E-state index in [0.29, 0.717) is 11.3 Å². The molecule has 0 N–H and O–H groups in total. The average Bonchev–Trinajstić information content (AvgIpc) is 3.30. The van der Waals surface area contributed by atoms with Crippen LogP contribution in [0.4, 0.5) is 10.5 Å². The van der Waals surface area contributed by atoms with Crippen molar-refractivity contribution < 1.29 is 33.4 Å². The maximum atomic E-state index is 13.2. The third kappa shape index (κ3) is 2.66. The molecule has 0 saturated carbocycles. The maximum absolute atomic E-state index is 13.2. The van der Waals surface area contributed by atoms with Crippen LogP contribution in [-0.2, 0) is 23.9 Å². The predicted molar refractivity (Wildman–Crippen MR) is 96.6 cm³/mol. The fourth-order valence-corrected chi connectivity index (χ4v) is 4.11. The molecule has 0 spiro atoms. The zero-order valence-electron chi connectivity index (χ0n) is 15.8. The summed E-state index contributed by atoms with van der Waals surface area (Å²) in [4.78, 5) is 66.0. The molecule has 3 aliphatic rings. The van der Waals surface area contributed by atoms with Crippen molar-refractivity contribution in [1.82, 2.24) is 9.80 Å². The molecule has 152 valence electrons. The molecule has 0 unspecified atom stereocenters. The smallest absolute Gasteiger partial charge is 0.416 e. The number of rotatable bonds is 4. The molecular weight excluding hydrogens is 382 g/mol. The van der Waals surface area contributed by atoms with Crippen molar-refractivity contribution in [3.05, 3.63) is 29.8 Å². The monoisotopic (exact) mass is 401 g/mol. The summed E-state index contributed by atoms with van der Waals surface area (Å²) >= 11 is 0. The van der Waals surface area contributed by atoms with E-state index >= 15 is 0 Å². The number of hydrogen-bond acceptors (Lipinski definition) is 7. The first-order valence-electron chi connectivity index (χ1n) is 9.30. The van der Waals surface area contributed by atoms with Gasteiger partial charge in [0.05, 0.1) is 17.8 Å². The first-order valence-corrected chi connectivity index (χ1v) is 9.30. The lowest BCUT2D eigenvalue weighted by Crippen LogP contribution is -2.68. The lowest BCUT2D eigenvalue weighted by atomic mass is 9.96. The van der Waals surface area contributed by atoms with Crippen LogP contribution in [0.25, 0.3) is 0 Å². The molecule has 0 radical (unpaired) electrons. The Morgan fingerprint density at radius 2 is 1.97 bits per heavy atom. The number of anilines is 1. The summed E-state index contributed by atoms with van der Waals surface area (Å²) in [6.07, 6.45) is -0.683. The Morgan fingerprint density at radius 1 is 1.21 bits per heavy atom. The van der Waals surface area contributed by atoms with Crippen molar-refractivity contribution in [2.45, 2.75) is 25.4 Å². The molecule has 0 aliphatic carbocycles. The Balaban J connectivity index is 1.65. The summed E-state index contributed by atoms with van der Waals surface area (Å²) in [5, 5.41) is 0. The van der Waals surface area contributed by atoms with E-state index in [0.717, 1.165) is 4.90 Å². The topological polar surface area (TPSA) is 114 Å². The van der Waals surface area contributed by atoms with Gasteiger partial charge in [0.15, 0.2) is 6.61 Å². The second-order valence-corrected chi connectivity index (χ2v) is 6.85. The number of carbonyl (C=O) groups excluding carboxylic acids is 5. The van der Waals surface area contributed by atoms with E-state index in [1.54, 1.807) is 31.2 Å². The number of likely N-dealkylation sites (N-methyl/N-ethyl adjacent to an activating group) is 1. The Kier molecular flexibility index (Phi) is 4.48. The van der Waals surface area contributed by atoms with Crippen LogP contribution >= 0.6 is 0 Å². The minimum absolute atomic E-state index is 0.0541. The Bertz CT molecular complexity index is 930. The number of imide groups is 1. The molecule has 4 rings (SSSR count). The summed E-state index contributed by atoms with van der Waals surface area (Å²) in [5.74, 6) is -2.30. The van der Waals surface area contributed by atoms with Crippen molar-refractivity contribution in [1.29, 1.82) is 0 Å². The Morgan fingerprint density at radius 3 is 2.66 bits per heavy atom. The summed E-state index contributed by atoms with van der Waals surface area (Å²) in [5.41, 5.74) is -0.983. The number of nitrogens with zero attached hydrogens (tertiary/aromatic N) is 3. The van der Waals surface area contributed by atoms with Gasteiger partial charge >= 0.3 is 12.1 Å². The molecular formula is C19H19N3O7. The van der Waals surface area contributed by atoms with Gasteiger partial charge in [-0.25, -0.2) is 14.5 Å². The van der Waals surface area contributed by atoms with Gasteiger partial charge in [-0.1, -0.05) is 12.1 Å². The number of hydrogen-bond donors (Lipinski definition) is 0. The number of esters is 1. The second-order valence-electron chi connectivity index (χ2n) is 6.85. The highest BCUT2D eigenvalue weighted by Gasteiger charge is 2.61. The van der Waals surface area contributed by atoms with E-state index in [1.165, 1.54) is 9.80 Å².